The van der Waals surface area contributed by atoms with Gasteiger partial charge in [-0.1, -0.05) is 86.5 Å². The second-order valence-corrected chi connectivity index (χ2v) is 11.1. The lowest BCUT2D eigenvalue weighted by atomic mass is 9.86. The Morgan fingerprint density at radius 2 is 1.51 bits per heavy atom. The Kier molecular flexibility index (Phi) is 9.21. The van der Waals surface area contributed by atoms with Crippen LogP contribution in [0.5, 0.6) is 0 Å². The van der Waals surface area contributed by atoms with Crippen molar-refractivity contribution in [2.75, 3.05) is 31.5 Å². The van der Waals surface area contributed by atoms with Crippen molar-refractivity contribution in [2.24, 2.45) is 0 Å². The Morgan fingerprint density at radius 1 is 0.865 bits per heavy atom. The van der Waals surface area contributed by atoms with Gasteiger partial charge < -0.3 is 9.80 Å². The smallest absolute Gasteiger partial charge is 0.279 e. The maximum atomic E-state index is 13.1. The van der Waals surface area contributed by atoms with Gasteiger partial charge >= 0.3 is 0 Å². The third kappa shape index (κ3) is 6.90. The first kappa shape index (κ1) is 27.1. The number of carbonyl (C=O) groups is 1. The molecule has 0 aliphatic carbocycles. The third-order valence-electron chi connectivity index (χ3n) is 8.49. The molecule has 3 aromatic carbocycles. The molecule has 1 amide bonds. The molecule has 0 atom stereocenters. The van der Waals surface area contributed by atoms with Crippen LogP contribution in [0.4, 0.5) is 5.69 Å². The lowest BCUT2D eigenvalue weighted by molar-refractivity contribution is -0.923. The third-order valence-corrected chi connectivity index (χ3v) is 8.49. The van der Waals surface area contributed by atoms with Crippen LogP contribution in [-0.2, 0) is 11.2 Å². The molecule has 1 heterocycles. The summed E-state index contributed by atoms with van der Waals surface area (Å²) in [4.78, 5) is 13.1. The van der Waals surface area contributed by atoms with Crippen molar-refractivity contribution in [1.29, 1.82) is 0 Å². The summed E-state index contributed by atoms with van der Waals surface area (Å²) in [5, 5.41) is 3.22. The van der Waals surface area contributed by atoms with Crippen molar-refractivity contribution < 1.29 is 9.28 Å². The van der Waals surface area contributed by atoms with Gasteiger partial charge in [0, 0.05) is 18.5 Å². The molecule has 0 bridgehead atoms. The van der Waals surface area contributed by atoms with E-state index in [1.807, 2.05) is 6.07 Å². The number of nitrogens with zero attached hydrogens (tertiary/aromatic N) is 1. The molecule has 196 valence electrons. The van der Waals surface area contributed by atoms with Gasteiger partial charge in [0.25, 0.3) is 5.91 Å². The van der Waals surface area contributed by atoms with Gasteiger partial charge in [0.2, 0.25) is 0 Å². The monoisotopic (exact) mass is 497 g/mol. The van der Waals surface area contributed by atoms with Crippen molar-refractivity contribution in [1.82, 2.24) is 0 Å². The number of amides is 1. The van der Waals surface area contributed by atoms with Gasteiger partial charge in [-0.25, -0.2) is 0 Å². The number of carbonyl (C=O) groups excluding carboxylic acids is 1. The Balaban J connectivity index is 1.40. The van der Waals surface area contributed by atoms with Gasteiger partial charge in [-0.15, -0.1) is 0 Å². The highest BCUT2D eigenvalue weighted by Gasteiger charge is 2.35. The number of aryl methyl sites for hydroxylation is 3. The number of hydrogen-bond donors (Lipinski definition) is 1. The first-order valence-electron chi connectivity index (χ1n) is 14.3. The van der Waals surface area contributed by atoms with E-state index in [1.54, 1.807) is 0 Å². The summed E-state index contributed by atoms with van der Waals surface area (Å²) in [5.41, 5.74) is 8.77. The van der Waals surface area contributed by atoms with Gasteiger partial charge in [0.1, 0.15) is 0 Å². The predicted octanol–water partition coefficient (Wildman–Crippen LogP) is 8.06. The van der Waals surface area contributed by atoms with Gasteiger partial charge in [-0.05, 0) is 72.9 Å². The van der Waals surface area contributed by atoms with Gasteiger partial charge in [0.05, 0.1) is 19.6 Å². The quantitative estimate of drug-likeness (QED) is 0.223. The highest BCUT2D eigenvalue weighted by Crippen LogP contribution is 2.34. The molecule has 1 saturated heterocycles. The van der Waals surface area contributed by atoms with E-state index in [9.17, 15) is 4.79 Å². The van der Waals surface area contributed by atoms with Crippen LogP contribution < -0.4 is 5.32 Å². The average molecular weight is 498 g/mol. The molecule has 0 saturated carbocycles. The Hall–Kier alpha value is -2.91. The summed E-state index contributed by atoms with van der Waals surface area (Å²) in [6.07, 6.45) is 7.25. The molecule has 0 unspecified atom stereocenters. The molecule has 3 nitrogen and oxygen atoms in total. The zero-order valence-electron chi connectivity index (χ0n) is 23.4. The van der Waals surface area contributed by atoms with Crippen molar-refractivity contribution >= 4 is 11.6 Å². The molecule has 0 radical (unpaired) electrons. The molecule has 3 heteroatoms. The number of piperidine rings is 1. The first-order valence-corrected chi connectivity index (χ1v) is 14.3. The van der Waals surface area contributed by atoms with Crippen LogP contribution in [0, 0.1) is 13.8 Å². The highest BCUT2D eigenvalue weighted by molar-refractivity contribution is 5.93. The number of nitrogens with one attached hydrogen (secondary N) is 1. The van der Waals surface area contributed by atoms with Crippen LogP contribution in [-0.4, -0.2) is 36.6 Å². The minimum Gasteiger partial charge on any atom is -0.321 e. The Morgan fingerprint density at radius 3 is 2.19 bits per heavy atom. The molecule has 1 aliphatic rings. The van der Waals surface area contributed by atoms with Crippen molar-refractivity contribution in [3.05, 3.63) is 89.0 Å². The molecule has 37 heavy (non-hydrogen) atoms. The lowest BCUT2D eigenvalue weighted by Gasteiger charge is -2.42. The maximum Gasteiger partial charge on any atom is 0.279 e. The molecular formula is C34H45N2O+. The van der Waals surface area contributed by atoms with Crippen LogP contribution in [0.1, 0.15) is 74.1 Å². The fourth-order valence-corrected chi connectivity index (χ4v) is 5.99. The zero-order chi connectivity index (χ0) is 26.3. The van der Waals surface area contributed by atoms with Crippen LogP contribution in [0.15, 0.2) is 66.7 Å². The van der Waals surface area contributed by atoms with Crippen LogP contribution in [0.25, 0.3) is 11.1 Å². The topological polar surface area (TPSA) is 29.1 Å². The van der Waals surface area contributed by atoms with E-state index in [1.165, 1.54) is 41.5 Å². The predicted molar refractivity (Wildman–Crippen MR) is 157 cm³/mol. The molecule has 1 aliphatic heterocycles. The van der Waals surface area contributed by atoms with E-state index in [-0.39, 0.29) is 5.91 Å². The van der Waals surface area contributed by atoms with Crippen molar-refractivity contribution in [3.63, 3.8) is 0 Å². The second-order valence-electron chi connectivity index (χ2n) is 11.1. The fraction of sp³-hybridized carbons (Fsp3) is 0.441. The SMILES string of the molecule is CCCCCc1cccc(-c2cccc(C3CC[N+](CC)(CC(=O)Nc4c(C)cccc4C)CC3)c2)c1. The Bertz CT molecular complexity index is 1170. The van der Waals surface area contributed by atoms with Gasteiger partial charge in [-0.2, -0.15) is 0 Å². The van der Waals surface area contributed by atoms with E-state index in [4.69, 9.17) is 0 Å². The van der Waals surface area contributed by atoms with Gasteiger partial charge in [-0.3, -0.25) is 4.79 Å². The second kappa shape index (κ2) is 12.6. The fourth-order valence-electron chi connectivity index (χ4n) is 5.99. The number of quaternary nitrogens is 1. The molecule has 4 rings (SSSR count). The molecule has 0 aromatic heterocycles. The van der Waals surface area contributed by atoms with Crippen LogP contribution in [0.2, 0.25) is 0 Å². The molecular weight excluding hydrogens is 452 g/mol. The van der Waals surface area contributed by atoms with E-state index >= 15 is 0 Å². The number of anilines is 1. The molecule has 0 spiro atoms. The summed E-state index contributed by atoms with van der Waals surface area (Å²) < 4.78 is 0.882. The van der Waals surface area contributed by atoms with E-state index in [0.29, 0.717) is 12.5 Å². The molecule has 3 aromatic rings. The first-order chi connectivity index (χ1) is 17.9. The number of likely N-dealkylation sites (N-methyl/N-ethyl adjacent to an activating group) is 1. The minimum atomic E-state index is 0.138. The van der Waals surface area contributed by atoms with Gasteiger partial charge in [0.15, 0.2) is 6.54 Å². The summed E-state index contributed by atoms with van der Waals surface area (Å²) >= 11 is 0. The number of para-hydroxylation sites is 1. The zero-order valence-corrected chi connectivity index (χ0v) is 23.4. The van der Waals surface area contributed by atoms with Crippen molar-refractivity contribution in [2.45, 2.75) is 72.1 Å². The highest BCUT2D eigenvalue weighted by atomic mass is 16.2. The number of rotatable bonds is 10. The van der Waals surface area contributed by atoms with Crippen LogP contribution in [0.3, 0.4) is 0 Å². The standard InChI is InChI=1S/C34H44N2O/c1-5-7-8-14-28-15-10-16-30(23-28)32-18-11-17-31(24-32)29-19-21-36(6-2,22-20-29)25-33(37)35-34-26(3)12-9-13-27(34)4/h9-13,15-18,23-24,29H,5-8,14,19-22,25H2,1-4H3/p+1. The number of benzene rings is 3. The maximum absolute atomic E-state index is 13.1. The van der Waals surface area contributed by atoms with Crippen molar-refractivity contribution in [3.8, 4) is 11.1 Å². The minimum absolute atomic E-state index is 0.138. The molecule has 1 fully saturated rings. The number of likely N-dealkylation sites (tertiary alicyclic amines) is 1. The van der Waals surface area contributed by atoms with E-state index in [2.05, 4.69) is 93.7 Å². The summed E-state index contributed by atoms with van der Waals surface area (Å²) in [6.45, 7) is 12.3. The van der Waals surface area contributed by atoms with E-state index in [0.717, 1.165) is 60.2 Å². The summed E-state index contributed by atoms with van der Waals surface area (Å²) in [5.74, 6) is 0.700. The average Bonchev–Trinajstić information content (AvgIpc) is 2.92. The normalized spacial score (nSPS) is 19.5. The summed E-state index contributed by atoms with van der Waals surface area (Å²) in [6, 6.07) is 24.5. The molecule has 1 N–H and O–H groups in total. The largest absolute Gasteiger partial charge is 0.321 e. The number of hydrogen-bond acceptors (Lipinski definition) is 1. The van der Waals surface area contributed by atoms with E-state index < -0.39 is 0 Å². The lowest BCUT2D eigenvalue weighted by Crippen LogP contribution is -2.56. The Labute approximate surface area is 224 Å². The number of unbranched alkanes of at least 4 members (excludes halogenated alkanes) is 2. The summed E-state index contributed by atoms with van der Waals surface area (Å²) in [7, 11) is 0. The van der Waals surface area contributed by atoms with Crippen LogP contribution >= 0.6 is 0 Å².